The maximum absolute atomic E-state index is 5.17. The minimum Gasteiger partial charge on any atom is -0.472 e. The predicted molar refractivity (Wildman–Crippen MR) is 82.6 cm³/mol. The highest BCUT2D eigenvalue weighted by Gasteiger charge is 2.29. The van der Waals surface area contributed by atoms with Crippen LogP contribution in [0.25, 0.3) is 0 Å². The van der Waals surface area contributed by atoms with Crippen LogP contribution in [0.3, 0.4) is 0 Å². The van der Waals surface area contributed by atoms with Crippen molar-refractivity contribution in [3.8, 4) is 0 Å². The Morgan fingerprint density at radius 2 is 1.56 bits per heavy atom. The normalized spacial score (nSPS) is 11.7. The number of hydrogen-bond donors (Lipinski definition) is 0. The Hall–Kier alpha value is -0.540. The SMILES string of the molecule is BrCC(CBr)(Cc1ccccc1)Cc1ccoc1. The molecule has 0 amide bonds. The third-order valence-corrected chi connectivity index (χ3v) is 5.53. The van der Waals surface area contributed by atoms with Crippen LogP contribution in [0, 0.1) is 5.41 Å². The van der Waals surface area contributed by atoms with E-state index in [9.17, 15) is 0 Å². The van der Waals surface area contributed by atoms with E-state index in [4.69, 9.17) is 4.42 Å². The summed E-state index contributed by atoms with van der Waals surface area (Å²) in [6.07, 6.45) is 5.64. The van der Waals surface area contributed by atoms with Gasteiger partial charge in [-0.1, -0.05) is 62.2 Å². The highest BCUT2D eigenvalue weighted by atomic mass is 79.9. The van der Waals surface area contributed by atoms with Crippen LogP contribution < -0.4 is 0 Å². The Labute approximate surface area is 125 Å². The zero-order valence-electron chi connectivity index (χ0n) is 10.1. The van der Waals surface area contributed by atoms with Crippen molar-refractivity contribution in [1.29, 1.82) is 0 Å². The van der Waals surface area contributed by atoms with Crippen LogP contribution in [0.15, 0.2) is 53.3 Å². The molecule has 0 atom stereocenters. The fraction of sp³-hybridized carbons (Fsp3) is 0.333. The molecule has 2 rings (SSSR count). The molecule has 0 bridgehead atoms. The van der Waals surface area contributed by atoms with Gasteiger partial charge in [-0.3, -0.25) is 0 Å². The van der Waals surface area contributed by atoms with E-state index >= 15 is 0 Å². The smallest absolute Gasteiger partial charge is 0.0934 e. The van der Waals surface area contributed by atoms with Gasteiger partial charge in [-0.25, -0.2) is 0 Å². The number of benzene rings is 1. The second-order valence-corrected chi connectivity index (χ2v) is 5.86. The number of hydrogen-bond acceptors (Lipinski definition) is 1. The Morgan fingerprint density at radius 1 is 0.889 bits per heavy atom. The number of halogens is 2. The van der Waals surface area contributed by atoms with Gasteiger partial charge in [0.25, 0.3) is 0 Å². The predicted octanol–water partition coefficient (Wildman–Crippen LogP) is 4.84. The molecule has 1 heterocycles. The molecular weight excluding hydrogens is 356 g/mol. The van der Waals surface area contributed by atoms with Gasteiger partial charge in [-0.2, -0.15) is 0 Å². The van der Waals surface area contributed by atoms with E-state index in [2.05, 4.69) is 62.2 Å². The van der Waals surface area contributed by atoms with Crippen molar-refractivity contribution >= 4 is 31.9 Å². The quantitative estimate of drug-likeness (QED) is 0.662. The first-order valence-corrected chi connectivity index (χ1v) is 8.19. The van der Waals surface area contributed by atoms with Crippen molar-refractivity contribution in [2.24, 2.45) is 5.41 Å². The van der Waals surface area contributed by atoms with E-state index in [0.717, 1.165) is 23.5 Å². The van der Waals surface area contributed by atoms with Gasteiger partial charge < -0.3 is 4.42 Å². The summed E-state index contributed by atoms with van der Waals surface area (Å²) in [6, 6.07) is 12.7. The van der Waals surface area contributed by atoms with Gasteiger partial charge in [0, 0.05) is 10.7 Å². The third-order valence-electron chi connectivity index (χ3n) is 3.15. The fourth-order valence-electron chi connectivity index (χ4n) is 2.14. The zero-order valence-corrected chi connectivity index (χ0v) is 13.3. The molecule has 0 saturated heterocycles. The van der Waals surface area contributed by atoms with Crippen molar-refractivity contribution in [2.45, 2.75) is 12.8 Å². The molecule has 0 radical (unpaired) electrons. The molecule has 0 unspecified atom stereocenters. The first kappa shape index (κ1) is 13.9. The number of alkyl halides is 2. The molecule has 1 aromatic carbocycles. The van der Waals surface area contributed by atoms with Crippen molar-refractivity contribution in [3.05, 3.63) is 60.1 Å². The number of furan rings is 1. The van der Waals surface area contributed by atoms with Gasteiger partial charge in [-0.15, -0.1) is 0 Å². The molecule has 0 saturated carbocycles. The van der Waals surface area contributed by atoms with Gasteiger partial charge in [0.1, 0.15) is 0 Å². The van der Waals surface area contributed by atoms with E-state index in [0.29, 0.717) is 0 Å². The summed E-state index contributed by atoms with van der Waals surface area (Å²) >= 11 is 7.35. The molecule has 18 heavy (non-hydrogen) atoms. The standard InChI is InChI=1S/C15H16Br2O/c16-11-15(12-17,9-14-6-7-18-10-14)8-13-4-2-1-3-5-13/h1-7,10H,8-9,11-12H2. The summed E-state index contributed by atoms with van der Waals surface area (Å²) in [4.78, 5) is 0. The van der Waals surface area contributed by atoms with E-state index in [-0.39, 0.29) is 5.41 Å². The molecule has 2 aromatic rings. The largest absolute Gasteiger partial charge is 0.472 e. The lowest BCUT2D eigenvalue weighted by Crippen LogP contribution is -2.30. The van der Waals surface area contributed by atoms with Gasteiger partial charge >= 0.3 is 0 Å². The molecule has 0 aliphatic rings. The maximum Gasteiger partial charge on any atom is 0.0934 e. The average molecular weight is 372 g/mol. The summed E-state index contributed by atoms with van der Waals surface area (Å²) in [6.45, 7) is 0. The molecule has 96 valence electrons. The molecule has 1 nitrogen and oxygen atoms in total. The van der Waals surface area contributed by atoms with E-state index < -0.39 is 0 Å². The van der Waals surface area contributed by atoms with Crippen molar-refractivity contribution in [3.63, 3.8) is 0 Å². The van der Waals surface area contributed by atoms with Crippen molar-refractivity contribution < 1.29 is 4.42 Å². The van der Waals surface area contributed by atoms with Crippen LogP contribution >= 0.6 is 31.9 Å². The molecule has 1 aromatic heterocycles. The topological polar surface area (TPSA) is 13.1 Å². The Morgan fingerprint density at radius 3 is 2.11 bits per heavy atom. The molecule has 0 aliphatic heterocycles. The Kier molecular flexibility index (Phi) is 5.07. The zero-order chi connectivity index (χ0) is 12.8. The highest BCUT2D eigenvalue weighted by molar-refractivity contribution is 9.09. The van der Waals surface area contributed by atoms with Crippen LogP contribution in [-0.2, 0) is 12.8 Å². The average Bonchev–Trinajstić information content (AvgIpc) is 2.92. The van der Waals surface area contributed by atoms with Gasteiger partial charge in [0.15, 0.2) is 0 Å². The molecule has 0 N–H and O–H groups in total. The Bertz CT molecular complexity index is 447. The summed E-state index contributed by atoms with van der Waals surface area (Å²) in [7, 11) is 0. The van der Waals surface area contributed by atoms with E-state index in [1.54, 1.807) is 6.26 Å². The van der Waals surface area contributed by atoms with E-state index in [1.165, 1.54) is 11.1 Å². The van der Waals surface area contributed by atoms with Gasteiger partial charge in [0.05, 0.1) is 12.5 Å². The molecular formula is C15H16Br2O. The van der Waals surface area contributed by atoms with E-state index in [1.807, 2.05) is 12.3 Å². The van der Waals surface area contributed by atoms with Crippen molar-refractivity contribution in [1.82, 2.24) is 0 Å². The van der Waals surface area contributed by atoms with Crippen LogP contribution in [-0.4, -0.2) is 10.7 Å². The fourth-order valence-corrected chi connectivity index (χ4v) is 3.86. The second-order valence-electron chi connectivity index (χ2n) is 4.74. The first-order valence-electron chi connectivity index (χ1n) is 5.95. The summed E-state index contributed by atoms with van der Waals surface area (Å²) in [5.74, 6) is 0. The van der Waals surface area contributed by atoms with Crippen LogP contribution in [0.5, 0.6) is 0 Å². The summed E-state index contributed by atoms with van der Waals surface area (Å²) in [5, 5.41) is 1.93. The van der Waals surface area contributed by atoms with Gasteiger partial charge in [0.2, 0.25) is 0 Å². The molecule has 0 spiro atoms. The minimum atomic E-state index is 0.186. The maximum atomic E-state index is 5.17. The summed E-state index contributed by atoms with van der Waals surface area (Å²) < 4.78 is 5.17. The van der Waals surface area contributed by atoms with Crippen LogP contribution in [0.1, 0.15) is 11.1 Å². The Balaban J connectivity index is 2.16. The van der Waals surface area contributed by atoms with Gasteiger partial charge in [-0.05, 0) is 35.4 Å². The van der Waals surface area contributed by atoms with Crippen LogP contribution in [0.2, 0.25) is 0 Å². The summed E-state index contributed by atoms with van der Waals surface area (Å²) in [5.41, 5.74) is 2.82. The highest BCUT2D eigenvalue weighted by Crippen LogP contribution is 2.32. The lowest BCUT2D eigenvalue weighted by molar-refractivity contribution is 0.384. The monoisotopic (exact) mass is 370 g/mol. The molecule has 3 heteroatoms. The lowest BCUT2D eigenvalue weighted by Gasteiger charge is -2.30. The first-order chi connectivity index (χ1) is 8.78. The third kappa shape index (κ3) is 3.48. The lowest BCUT2D eigenvalue weighted by atomic mass is 9.80. The van der Waals surface area contributed by atoms with Crippen LogP contribution in [0.4, 0.5) is 0 Å². The molecule has 0 aliphatic carbocycles. The second kappa shape index (κ2) is 6.58. The minimum absolute atomic E-state index is 0.186. The van der Waals surface area contributed by atoms with Crippen molar-refractivity contribution in [2.75, 3.05) is 10.7 Å². The molecule has 0 fully saturated rings. The number of rotatable bonds is 6.